The van der Waals surface area contributed by atoms with Crippen molar-refractivity contribution in [3.8, 4) is 11.3 Å². The highest BCUT2D eigenvalue weighted by Crippen LogP contribution is 2.22. The topological polar surface area (TPSA) is 33.1 Å². The van der Waals surface area contributed by atoms with Gasteiger partial charge in [0.25, 0.3) is 0 Å². The summed E-state index contributed by atoms with van der Waals surface area (Å²) in [7, 11) is 0. The van der Waals surface area contributed by atoms with Crippen LogP contribution in [-0.2, 0) is 0 Å². The number of aromatic nitrogens is 1. The van der Waals surface area contributed by atoms with Crippen molar-refractivity contribution < 1.29 is 5.11 Å². The van der Waals surface area contributed by atoms with E-state index in [-0.39, 0.29) is 6.10 Å². The Morgan fingerprint density at radius 3 is 2.47 bits per heavy atom. The SMILES string of the molecule is CCCC(O)c1ccc(-c2ccccn2)cc1. The second kappa shape index (κ2) is 5.60. The molecule has 0 aliphatic rings. The Labute approximate surface area is 102 Å². The minimum Gasteiger partial charge on any atom is -0.388 e. The molecule has 0 amide bonds. The van der Waals surface area contributed by atoms with Crippen LogP contribution in [-0.4, -0.2) is 10.1 Å². The number of rotatable bonds is 4. The Morgan fingerprint density at radius 1 is 1.12 bits per heavy atom. The third kappa shape index (κ3) is 2.92. The van der Waals surface area contributed by atoms with Crippen molar-refractivity contribution in [1.82, 2.24) is 4.98 Å². The normalized spacial score (nSPS) is 12.4. The third-order valence-corrected chi connectivity index (χ3v) is 2.82. The molecule has 88 valence electrons. The summed E-state index contributed by atoms with van der Waals surface area (Å²) in [5, 5.41) is 9.87. The molecule has 0 fully saturated rings. The molecule has 2 rings (SSSR count). The number of nitrogens with zero attached hydrogens (tertiary/aromatic N) is 1. The molecule has 2 aromatic rings. The Hall–Kier alpha value is -1.67. The molecule has 0 radical (unpaired) electrons. The van der Waals surface area contributed by atoms with Crippen molar-refractivity contribution in [1.29, 1.82) is 0 Å². The Bertz CT molecular complexity index is 450. The highest BCUT2D eigenvalue weighted by atomic mass is 16.3. The first-order valence-corrected chi connectivity index (χ1v) is 6.00. The van der Waals surface area contributed by atoms with Crippen LogP contribution in [0.25, 0.3) is 11.3 Å². The quantitative estimate of drug-likeness (QED) is 0.866. The van der Waals surface area contributed by atoms with E-state index in [1.165, 1.54) is 0 Å². The van der Waals surface area contributed by atoms with E-state index in [1.807, 2.05) is 42.5 Å². The fourth-order valence-electron chi connectivity index (χ4n) is 1.85. The van der Waals surface area contributed by atoms with Gasteiger partial charge in [-0.25, -0.2) is 0 Å². The molecule has 2 nitrogen and oxygen atoms in total. The zero-order chi connectivity index (χ0) is 12.1. The van der Waals surface area contributed by atoms with E-state index < -0.39 is 0 Å². The molecule has 1 N–H and O–H groups in total. The van der Waals surface area contributed by atoms with Gasteiger partial charge in [-0.15, -0.1) is 0 Å². The lowest BCUT2D eigenvalue weighted by Crippen LogP contribution is -1.96. The summed E-state index contributed by atoms with van der Waals surface area (Å²) in [6.45, 7) is 2.07. The predicted molar refractivity (Wildman–Crippen MR) is 69.5 cm³/mol. The van der Waals surface area contributed by atoms with E-state index in [0.29, 0.717) is 0 Å². The molecule has 0 aliphatic heterocycles. The molecule has 0 aliphatic carbocycles. The number of hydrogen-bond acceptors (Lipinski definition) is 2. The van der Waals surface area contributed by atoms with Crippen molar-refractivity contribution in [3.05, 3.63) is 54.2 Å². The van der Waals surface area contributed by atoms with Gasteiger partial charge in [0.05, 0.1) is 11.8 Å². The van der Waals surface area contributed by atoms with Crippen LogP contribution < -0.4 is 0 Å². The lowest BCUT2D eigenvalue weighted by Gasteiger charge is -2.10. The highest BCUT2D eigenvalue weighted by molar-refractivity contribution is 5.59. The molecular formula is C15H17NO. The maximum absolute atomic E-state index is 9.87. The summed E-state index contributed by atoms with van der Waals surface area (Å²) >= 11 is 0. The molecule has 17 heavy (non-hydrogen) atoms. The smallest absolute Gasteiger partial charge is 0.0790 e. The minimum absolute atomic E-state index is 0.349. The molecule has 0 saturated heterocycles. The minimum atomic E-state index is -0.349. The van der Waals surface area contributed by atoms with E-state index in [9.17, 15) is 5.11 Å². The van der Waals surface area contributed by atoms with E-state index >= 15 is 0 Å². The average Bonchev–Trinajstić information content (AvgIpc) is 2.40. The first-order chi connectivity index (χ1) is 8.31. The lowest BCUT2D eigenvalue weighted by atomic mass is 10.0. The van der Waals surface area contributed by atoms with E-state index in [4.69, 9.17) is 0 Å². The second-order valence-electron chi connectivity index (χ2n) is 4.14. The van der Waals surface area contributed by atoms with Crippen LogP contribution in [0.5, 0.6) is 0 Å². The number of pyridine rings is 1. The monoisotopic (exact) mass is 227 g/mol. The van der Waals surface area contributed by atoms with Crippen LogP contribution in [0.15, 0.2) is 48.7 Å². The van der Waals surface area contributed by atoms with Crippen molar-refractivity contribution in [2.45, 2.75) is 25.9 Å². The number of benzene rings is 1. The zero-order valence-electron chi connectivity index (χ0n) is 10.0. The molecule has 0 saturated carbocycles. The molecule has 1 aromatic heterocycles. The summed E-state index contributed by atoms with van der Waals surface area (Å²) in [5.74, 6) is 0. The maximum atomic E-state index is 9.87. The molecule has 0 spiro atoms. The number of hydrogen-bond donors (Lipinski definition) is 1. The van der Waals surface area contributed by atoms with Crippen LogP contribution in [0, 0.1) is 0 Å². The first-order valence-electron chi connectivity index (χ1n) is 6.00. The summed E-state index contributed by atoms with van der Waals surface area (Å²) in [5.41, 5.74) is 3.02. The van der Waals surface area contributed by atoms with E-state index in [1.54, 1.807) is 6.20 Å². The Morgan fingerprint density at radius 2 is 1.88 bits per heavy atom. The van der Waals surface area contributed by atoms with Crippen molar-refractivity contribution in [3.63, 3.8) is 0 Å². The Balaban J connectivity index is 2.19. The summed E-state index contributed by atoms with van der Waals surface area (Å²) in [6.07, 6.45) is 3.24. The van der Waals surface area contributed by atoms with Crippen molar-refractivity contribution in [2.24, 2.45) is 0 Å². The van der Waals surface area contributed by atoms with Gasteiger partial charge < -0.3 is 5.11 Å². The van der Waals surface area contributed by atoms with E-state index in [0.717, 1.165) is 29.7 Å². The summed E-state index contributed by atoms with van der Waals surface area (Å²) in [4.78, 5) is 4.30. The van der Waals surface area contributed by atoms with Gasteiger partial charge in [-0.3, -0.25) is 4.98 Å². The van der Waals surface area contributed by atoms with Gasteiger partial charge in [0.15, 0.2) is 0 Å². The number of aliphatic hydroxyl groups excluding tert-OH is 1. The zero-order valence-corrected chi connectivity index (χ0v) is 10.0. The molecular weight excluding hydrogens is 210 g/mol. The van der Waals surface area contributed by atoms with Crippen LogP contribution in [0.2, 0.25) is 0 Å². The Kier molecular flexibility index (Phi) is 3.89. The maximum Gasteiger partial charge on any atom is 0.0790 e. The predicted octanol–water partition coefficient (Wildman–Crippen LogP) is 3.58. The van der Waals surface area contributed by atoms with Crippen molar-refractivity contribution >= 4 is 0 Å². The van der Waals surface area contributed by atoms with Crippen LogP contribution in [0.3, 0.4) is 0 Å². The molecule has 1 heterocycles. The fraction of sp³-hybridized carbons (Fsp3) is 0.267. The van der Waals surface area contributed by atoms with E-state index in [2.05, 4.69) is 11.9 Å². The van der Waals surface area contributed by atoms with Crippen LogP contribution in [0.1, 0.15) is 31.4 Å². The second-order valence-corrected chi connectivity index (χ2v) is 4.14. The molecule has 1 atom stereocenters. The molecule has 1 unspecified atom stereocenters. The molecule has 0 bridgehead atoms. The highest BCUT2D eigenvalue weighted by Gasteiger charge is 2.06. The van der Waals surface area contributed by atoms with Crippen LogP contribution in [0.4, 0.5) is 0 Å². The molecule has 1 aromatic carbocycles. The number of aliphatic hydroxyl groups is 1. The van der Waals surface area contributed by atoms with Gasteiger partial charge in [-0.05, 0) is 24.1 Å². The van der Waals surface area contributed by atoms with Gasteiger partial charge in [-0.1, -0.05) is 43.7 Å². The first kappa shape index (κ1) is 11.8. The summed E-state index contributed by atoms with van der Waals surface area (Å²) < 4.78 is 0. The lowest BCUT2D eigenvalue weighted by molar-refractivity contribution is 0.166. The van der Waals surface area contributed by atoms with Crippen LogP contribution >= 0.6 is 0 Å². The standard InChI is InChI=1S/C15H17NO/c1-2-5-15(17)13-9-7-12(8-10-13)14-6-3-4-11-16-14/h3-4,6-11,15,17H,2,5H2,1H3. The third-order valence-electron chi connectivity index (χ3n) is 2.82. The van der Waals surface area contributed by atoms with Gasteiger partial charge in [0.1, 0.15) is 0 Å². The largest absolute Gasteiger partial charge is 0.388 e. The average molecular weight is 227 g/mol. The molecule has 2 heteroatoms. The van der Waals surface area contributed by atoms with Gasteiger partial charge in [0, 0.05) is 11.8 Å². The fourth-order valence-corrected chi connectivity index (χ4v) is 1.85. The van der Waals surface area contributed by atoms with Crippen molar-refractivity contribution in [2.75, 3.05) is 0 Å². The van der Waals surface area contributed by atoms with Gasteiger partial charge in [0.2, 0.25) is 0 Å². The van der Waals surface area contributed by atoms with Gasteiger partial charge >= 0.3 is 0 Å². The summed E-state index contributed by atoms with van der Waals surface area (Å²) in [6, 6.07) is 13.8. The van der Waals surface area contributed by atoms with Gasteiger partial charge in [-0.2, -0.15) is 0 Å².